The van der Waals surface area contributed by atoms with Gasteiger partial charge < -0.3 is 4.90 Å². The first kappa shape index (κ1) is 16.3. The number of hydrogen-bond acceptors (Lipinski definition) is 5. The average molecular weight is 368 g/mol. The summed E-state index contributed by atoms with van der Waals surface area (Å²) in [7, 11) is 0. The zero-order valence-electron chi connectivity index (χ0n) is 15.0. The molecule has 0 spiro atoms. The van der Waals surface area contributed by atoms with Crippen LogP contribution in [0, 0.1) is 0 Å². The minimum absolute atomic E-state index is 0.815. The van der Waals surface area contributed by atoms with Crippen LogP contribution in [0.1, 0.15) is 32.1 Å². The van der Waals surface area contributed by atoms with Crippen molar-refractivity contribution in [3.8, 4) is 10.6 Å². The van der Waals surface area contributed by atoms with Crippen LogP contribution >= 0.6 is 11.3 Å². The summed E-state index contributed by atoms with van der Waals surface area (Å²) in [4.78, 5) is 11.1. The monoisotopic (exact) mass is 367 g/mol. The molecule has 0 radical (unpaired) electrons. The van der Waals surface area contributed by atoms with E-state index >= 15 is 0 Å². The molecule has 0 unspecified atom stereocenters. The molecule has 2 aliphatic rings. The van der Waals surface area contributed by atoms with Gasteiger partial charge in [-0.05, 0) is 30.4 Å². The Kier molecular flexibility index (Phi) is 4.38. The normalized spacial score (nSPS) is 20.1. The van der Waals surface area contributed by atoms with Crippen molar-refractivity contribution in [3.63, 3.8) is 0 Å². The Morgan fingerprint density at radius 2 is 1.88 bits per heavy atom. The van der Waals surface area contributed by atoms with Gasteiger partial charge in [-0.15, -0.1) is 11.3 Å². The Morgan fingerprint density at radius 1 is 1.04 bits per heavy atom. The lowest BCUT2D eigenvalue weighted by Gasteiger charge is -2.41. The predicted molar refractivity (Wildman–Crippen MR) is 107 cm³/mol. The second kappa shape index (κ2) is 7.00. The standard InChI is InChI=1S/C20H25N5S/c1-2-5-16(6-3-1)23-10-12-24(13-11-23)20-18-15-17(19-7-4-14-26-19)22-25(18)9-8-21-20/h4,7-9,14-16H,1-3,5-6,10-13H2. The Bertz CT molecular complexity index is 858. The second-order valence-corrected chi connectivity index (χ2v) is 8.35. The molecular weight excluding hydrogens is 342 g/mol. The van der Waals surface area contributed by atoms with Crippen LogP contribution in [-0.2, 0) is 0 Å². The molecule has 0 atom stereocenters. The first-order valence-corrected chi connectivity index (χ1v) is 10.6. The summed E-state index contributed by atoms with van der Waals surface area (Å²) in [5.41, 5.74) is 2.15. The van der Waals surface area contributed by atoms with E-state index in [1.807, 2.05) is 16.9 Å². The van der Waals surface area contributed by atoms with Crippen LogP contribution in [0.3, 0.4) is 0 Å². The minimum atomic E-state index is 0.815. The molecule has 0 bridgehead atoms. The topological polar surface area (TPSA) is 36.7 Å². The molecule has 26 heavy (non-hydrogen) atoms. The van der Waals surface area contributed by atoms with E-state index in [0.717, 1.165) is 49.2 Å². The van der Waals surface area contributed by atoms with E-state index in [1.165, 1.54) is 37.0 Å². The fourth-order valence-corrected chi connectivity index (χ4v) is 5.12. The van der Waals surface area contributed by atoms with Gasteiger partial charge in [-0.1, -0.05) is 25.3 Å². The maximum absolute atomic E-state index is 4.75. The fourth-order valence-electron chi connectivity index (χ4n) is 4.44. The smallest absolute Gasteiger partial charge is 0.154 e. The van der Waals surface area contributed by atoms with Crippen molar-refractivity contribution in [1.29, 1.82) is 0 Å². The van der Waals surface area contributed by atoms with Crippen LogP contribution in [0.4, 0.5) is 5.82 Å². The molecule has 1 saturated heterocycles. The highest BCUT2D eigenvalue weighted by Crippen LogP contribution is 2.29. The summed E-state index contributed by atoms with van der Waals surface area (Å²) in [6, 6.07) is 7.20. The molecule has 3 aromatic heterocycles. The Balaban J connectivity index is 1.36. The van der Waals surface area contributed by atoms with Gasteiger partial charge in [-0.25, -0.2) is 9.50 Å². The SMILES string of the molecule is c1csc(-c2cc3c(N4CCN(C5CCCCC5)CC4)nccn3n2)c1. The molecule has 4 heterocycles. The van der Waals surface area contributed by atoms with E-state index in [-0.39, 0.29) is 0 Å². The Morgan fingerprint density at radius 3 is 2.65 bits per heavy atom. The van der Waals surface area contributed by atoms with Crippen molar-refractivity contribution in [2.75, 3.05) is 31.1 Å². The van der Waals surface area contributed by atoms with Gasteiger partial charge in [0.25, 0.3) is 0 Å². The highest BCUT2D eigenvalue weighted by molar-refractivity contribution is 7.13. The van der Waals surface area contributed by atoms with Crippen LogP contribution in [0.25, 0.3) is 16.1 Å². The lowest BCUT2D eigenvalue weighted by Crippen LogP contribution is -2.51. The summed E-state index contributed by atoms with van der Waals surface area (Å²) in [6.45, 7) is 4.42. The largest absolute Gasteiger partial charge is 0.352 e. The van der Waals surface area contributed by atoms with E-state index in [1.54, 1.807) is 11.3 Å². The number of anilines is 1. The van der Waals surface area contributed by atoms with Crippen molar-refractivity contribution in [1.82, 2.24) is 19.5 Å². The summed E-state index contributed by atoms with van der Waals surface area (Å²) in [5.74, 6) is 1.08. The Labute approximate surface area is 158 Å². The molecule has 1 aliphatic heterocycles. The molecule has 2 fully saturated rings. The van der Waals surface area contributed by atoms with Crippen molar-refractivity contribution < 1.29 is 0 Å². The maximum Gasteiger partial charge on any atom is 0.154 e. The number of fused-ring (bicyclic) bond motifs is 1. The van der Waals surface area contributed by atoms with E-state index < -0.39 is 0 Å². The zero-order chi connectivity index (χ0) is 17.3. The predicted octanol–water partition coefficient (Wildman–Crippen LogP) is 3.91. The van der Waals surface area contributed by atoms with Gasteiger partial charge in [0, 0.05) is 44.6 Å². The highest BCUT2D eigenvalue weighted by atomic mass is 32.1. The third-order valence-electron chi connectivity index (χ3n) is 5.85. The second-order valence-electron chi connectivity index (χ2n) is 7.40. The number of aromatic nitrogens is 3. The lowest BCUT2D eigenvalue weighted by molar-refractivity contribution is 0.148. The van der Waals surface area contributed by atoms with Crippen molar-refractivity contribution in [2.45, 2.75) is 38.1 Å². The number of rotatable bonds is 3. The van der Waals surface area contributed by atoms with Crippen molar-refractivity contribution in [2.24, 2.45) is 0 Å². The van der Waals surface area contributed by atoms with Crippen LogP contribution in [0.15, 0.2) is 36.0 Å². The van der Waals surface area contributed by atoms with E-state index in [9.17, 15) is 0 Å². The molecule has 1 saturated carbocycles. The highest BCUT2D eigenvalue weighted by Gasteiger charge is 2.26. The molecule has 5 rings (SSSR count). The van der Waals surface area contributed by atoms with Gasteiger partial charge in [-0.2, -0.15) is 5.10 Å². The lowest BCUT2D eigenvalue weighted by atomic mass is 9.94. The minimum Gasteiger partial charge on any atom is -0.352 e. The fraction of sp³-hybridized carbons (Fsp3) is 0.500. The van der Waals surface area contributed by atoms with Crippen LogP contribution in [0.2, 0.25) is 0 Å². The number of nitrogens with zero attached hydrogens (tertiary/aromatic N) is 5. The van der Waals surface area contributed by atoms with Gasteiger partial charge in [0.15, 0.2) is 5.82 Å². The molecular formula is C20H25N5S. The summed E-state index contributed by atoms with van der Waals surface area (Å²) in [5, 5.41) is 6.85. The first-order chi connectivity index (χ1) is 12.9. The summed E-state index contributed by atoms with van der Waals surface area (Å²) < 4.78 is 1.98. The number of piperazine rings is 1. The van der Waals surface area contributed by atoms with Crippen LogP contribution in [-0.4, -0.2) is 51.7 Å². The van der Waals surface area contributed by atoms with Gasteiger partial charge >= 0.3 is 0 Å². The molecule has 136 valence electrons. The third kappa shape index (κ3) is 3.01. The number of thiophene rings is 1. The van der Waals surface area contributed by atoms with Gasteiger partial charge in [0.2, 0.25) is 0 Å². The van der Waals surface area contributed by atoms with Crippen LogP contribution in [0.5, 0.6) is 0 Å². The molecule has 3 aromatic rings. The number of hydrogen-bond donors (Lipinski definition) is 0. The first-order valence-electron chi connectivity index (χ1n) is 9.76. The quantitative estimate of drug-likeness (QED) is 0.703. The molecule has 0 aromatic carbocycles. The van der Waals surface area contributed by atoms with Gasteiger partial charge in [-0.3, -0.25) is 4.90 Å². The molecule has 1 aliphatic carbocycles. The van der Waals surface area contributed by atoms with E-state index in [4.69, 9.17) is 10.1 Å². The summed E-state index contributed by atoms with van der Waals surface area (Å²) in [6.07, 6.45) is 10.9. The summed E-state index contributed by atoms with van der Waals surface area (Å²) >= 11 is 1.73. The average Bonchev–Trinajstić information content (AvgIpc) is 3.38. The van der Waals surface area contributed by atoms with E-state index in [0.29, 0.717) is 0 Å². The molecule has 0 amide bonds. The van der Waals surface area contributed by atoms with Gasteiger partial charge in [0.1, 0.15) is 11.2 Å². The zero-order valence-corrected chi connectivity index (χ0v) is 15.9. The molecule has 0 N–H and O–H groups in total. The Hall–Kier alpha value is -1.92. The maximum atomic E-state index is 4.75. The van der Waals surface area contributed by atoms with Crippen molar-refractivity contribution >= 4 is 22.7 Å². The molecule has 5 nitrogen and oxygen atoms in total. The third-order valence-corrected chi connectivity index (χ3v) is 6.74. The van der Waals surface area contributed by atoms with Crippen molar-refractivity contribution in [3.05, 3.63) is 36.0 Å². The van der Waals surface area contributed by atoms with E-state index in [2.05, 4.69) is 33.4 Å². The van der Waals surface area contributed by atoms with Gasteiger partial charge in [0.05, 0.1) is 4.88 Å². The molecule has 6 heteroatoms. The van der Waals surface area contributed by atoms with Crippen LogP contribution < -0.4 is 4.90 Å².